The number of hydrogen-bond donors (Lipinski definition) is 2. The van der Waals surface area contributed by atoms with E-state index in [0.717, 1.165) is 22.5 Å². The van der Waals surface area contributed by atoms with Crippen molar-refractivity contribution in [3.05, 3.63) is 65.9 Å². The standard InChI is InChI=1S/C16H16N2O/c17-10-12-5-4-8-16-15(12)9-13(18-16)11-19-14-6-2-1-3-7-14/h1-9,18H,10-11,17H2. The van der Waals surface area contributed by atoms with Crippen molar-refractivity contribution in [2.24, 2.45) is 5.73 Å². The van der Waals surface area contributed by atoms with Gasteiger partial charge in [-0.3, -0.25) is 0 Å². The molecule has 0 radical (unpaired) electrons. The molecule has 3 aromatic rings. The first-order chi connectivity index (χ1) is 9.36. The smallest absolute Gasteiger partial charge is 0.128 e. The number of para-hydroxylation sites is 1. The highest BCUT2D eigenvalue weighted by molar-refractivity contribution is 5.83. The molecular formula is C16H16N2O. The lowest BCUT2D eigenvalue weighted by molar-refractivity contribution is 0.302. The molecule has 1 aromatic heterocycles. The zero-order chi connectivity index (χ0) is 13.1. The average Bonchev–Trinajstić information content (AvgIpc) is 2.89. The second-order valence-corrected chi connectivity index (χ2v) is 4.48. The Kier molecular flexibility index (Phi) is 3.21. The van der Waals surface area contributed by atoms with E-state index < -0.39 is 0 Å². The van der Waals surface area contributed by atoms with Crippen LogP contribution in [-0.2, 0) is 13.2 Å². The SMILES string of the molecule is NCc1cccc2[nH]c(COc3ccccc3)cc12. The number of nitrogens with one attached hydrogen (secondary N) is 1. The van der Waals surface area contributed by atoms with Gasteiger partial charge >= 0.3 is 0 Å². The van der Waals surface area contributed by atoms with Crippen molar-refractivity contribution in [1.82, 2.24) is 4.98 Å². The zero-order valence-corrected chi connectivity index (χ0v) is 10.6. The van der Waals surface area contributed by atoms with Crippen LogP contribution in [0, 0.1) is 0 Å². The van der Waals surface area contributed by atoms with Gasteiger partial charge in [0.2, 0.25) is 0 Å². The Labute approximate surface area is 112 Å². The maximum absolute atomic E-state index is 5.75. The molecule has 3 rings (SSSR count). The van der Waals surface area contributed by atoms with E-state index in [2.05, 4.69) is 23.2 Å². The van der Waals surface area contributed by atoms with E-state index in [1.165, 1.54) is 5.39 Å². The molecule has 3 N–H and O–H groups in total. The van der Waals surface area contributed by atoms with Crippen LogP contribution in [0.2, 0.25) is 0 Å². The maximum atomic E-state index is 5.75. The van der Waals surface area contributed by atoms with E-state index in [1.807, 2.05) is 36.4 Å². The number of fused-ring (bicyclic) bond motifs is 1. The first-order valence-corrected chi connectivity index (χ1v) is 6.34. The summed E-state index contributed by atoms with van der Waals surface area (Å²) in [5.74, 6) is 0.875. The highest BCUT2D eigenvalue weighted by Crippen LogP contribution is 2.20. The molecule has 3 nitrogen and oxygen atoms in total. The molecule has 3 heteroatoms. The minimum Gasteiger partial charge on any atom is -0.487 e. The van der Waals surface area contributed by atoms with Gasteiger partial charge in [-0.1, -0.05) is 30.3 Å². The number of H-pyrrole nitrogens is 1. The lowest BCUT2D eigenvalue weighted by Crippen LogP contribution is -1.95. The van der Waals surface area contributed by atoms with Gasteiger partial charge in [0.25, 0.3) is 0 Å². The second-order valence-electron chi connectivity index (χ2n) is 4.48. The predicted molar refractivity (Wildman–Crippen MR) is 77.0 cm³/mol. The van der Waals surface area contributed by atoms with Crippen LogP contribution in [0.3, 0.4) is 0 Å². The normalized spacial score (nSPS) is 10.8. The summed E-state index contributed by atoms with van der Waals surface area (Å²) in [5.41, 5.74) is 9.06. The van der Waals surface area contributed by atoms with Crippen molar-refractivity contribution in [3.63, 3.8) is 0 Å². The molecule has 0 spiro atoms. The number of rotatable bonds is 4. The molecule has 0 unspecified atom stereocenters. The molecule has 0 aliphatic carbocycles. The van der Waals surface area contributed by atoms with Gasteiger partial charge in [-0.25, -0.2) is 0 Å². The predicted octanol–water partition coefficient (Wildman–Crippen LogP) is 3.21. The molecule has 0 aliphatic rings. The largest absolute Gasteiger partial charge is 0.487 e. The quantitative estimate of drug-likeness (QED) is 0.749. The Morgan fingerprint density at radius 1 is 1.00 bits per heavy atom. The Balaban J connectivity index is 1.82. The topological polar surface area (TPSA) is 51.0 Å². The van der Waals surface area contributed by atoms with E-state index in [1.54, 1.807) is 0 Å². The number of hydrogen-bond acceptors (Lipinski definition) is 2. The van der Waals surface area contributed by atoms with Gasteiger partial charge in [0.15, 0.2) is 0 Å². The summed E-state index contributed by atoms with van der Waals surface area (Å²) in [4.78, 5) is 3.36. The third-order valence-corrected chi connectivity index (χ3v) is 3.17. The van der Waals surface area contributed by atoms with Crippen LogP contribution in [-0.4, -0.2) is 4.98 Å². The second kappa shape index (κ2) is 5.16. The van der Waals surface area contributed by atoms with Crippen LogP contribution in [0.15, 0.2) is 54.6 Å². The summed E-state index contributed by atoms with van der Waals surface area (Å²) in [6.45, 7) is 1.08. The van der Waals surface area contributed by atoms with Gasteiger partial charge in [0.1, 0.15) is 12.4 Å². The third-order valence-electron chi connectivity index (χ3n) is 3.17. The van der Waals surface area contributed by atoms with E-state index in [0.29, 0.717) is 13.2 Å². The Morgan fingerprint density at radius 3 is 2.63 bits per heavy atom. The third kappa shape index (κ3) is 2.46. The molecule has 0 bridgehead atoms. The van der Waals surface area contributed by atoms with Crippen LogP contribution in [0.1, 0.15) is 11.3 Å². The summed E-state index contributed by atoms with van der Waals surface area (Å²) < 4.78 is 5.73. The molecule has 0 atom stereocenters. The Bertz CT molecular complexity index is 674. The van der Waals surface area contributed by atoms with Crippen molar-refractivity contribution in [2.45, 2.75) is 13.2 Å². The van der Waals surface area contributed by atoms with Gasteiger partial charge in [0.05, 0.1) is 5.69 Å². The number of aromatic nitrogens is 1. The fourth-order valence-corrected chi connectivity index (χ4v) is 2.21. The Hall–Kier alpha value is -2.26. The highest BCUT2D eigenvalue weighted by Gasteiger charge is 2.04. The molecule has 0 fully saturated rings. The van der Waals surface area contributed by atoms with E-state index in [9.17, 15) is 0 Å². The van der Waals surface area contributed by atoms with Crippen molar-refractivity contribution in [1.29, 1.82) is 0 Å². The van der Waals surface area contributed by atoms with E-state index >= 15 is 0 Å². The summed E-state index contributed by atoms with van der Waals surface area (Å²) in [6.07, 6.45) is 0. The number of ether oxygens (including phenoxy) is 1. The first kappa shape index (κ1) is 11.8. The van der Waals surface area contributed by atoms with Gasteiger partial charge in [-0.2, -0.15) is 0 Å². The molecule has 96 valence electrons. The molecule has 0 saturated carbocycles. The van der Waals surface area contributed by atoms with Crippen LogP contribution in [0.5, 0.6) is 5.75 Å². The first-order valence-electron chi connectivity index (χ1n) is 6.34. The van der Waals surface area contributed by atoms with Crippen molar-refractivity contribution in [3.8, 4) is 5.75 Å². The lowest BCUT2D eigenvalue weighted by atomic mass is 10.1. The summed E-state index contributed by atoms with van der Waals surface area (Å²) in [5, 5.41) is 1.18. The van der Waals surface area contributed by atoms with E-state index in [-0.39, 0.29) is 0 Å². The minimum absolute atomic E-state index is 0.530. The number of nitrogens with two attached hydrogens (primary N) is 1. The maximum Gasteiger partial charge on any atom is 0.128 e. The van der Waals surface area contributed by atoms with Gasteiger partial charge in [-0.15, -0.1) is 0 Å². The summed E-state index contributed by atoms with van der Waals surface area (Å²) >= 11 is 0. The Morgan fingerprint density at radius 2 is 1.84 bits per heavy atom. The van der Waals surface area contributed by atoms with Crippen molar-refractivity contribution >= 4 is 10.9 Å². The van der Waals surface area contributed by atoms with Crippen molar-refractivity contribution in [2.75, 3.05) is 0 Å². The molecule has 0 amide bonds. The minimum atomic E-state index is 0.530. The molecule has 2 aromatic carbocycles. The van der Waals surface area contributed by atoms with Gasteiger partial charge in [-0.05, 0) is 29.8 Å². The fourth-order valence-electron chi connectivity index (χ4n) is 2.21. The van der Waals surface area contributed by atoms with Crippen LogP contribution in [0.4, 0.5) is 0 Å². The molecule has 0 aliphatic heterocycles. The molecular weight excluding hydrogens is 236 g/mol. The van der Waals surface area contributed by atoms with Crippen LogP contribution in [0.25, 0.3) is 10.9 Å². The summed E-state index contributed by atoms with van der Waals surface area (Å²) in [7, 11) is 0. The van der Waals surface area contributed by atoms with Gasteiger partial charge in [0, 0.05) is 17.4 Å². The van der Waals surface area contributed by atoms with Crippen LogP contribution < -0.4 is 10.5 Å². The zero-order valence-electron chi connectivity index (χ0n) is 10.6. The highest BCUT2D eigenvalue weighted by atomic mass is 16.5. The molecule has 0 saturated heterocycles. The molecule has 1 heterocycles. The summed E-state index contributed by atoms with van der Waals surface area (Å²) in [6, 6.07) is 18.0. The van der Waals surface area contributed by atoms with Crippen molar-refractivity contribution < 1.29 is 4.74 Å². The molecule has 19 heavy (non-hydrogen) atoms. The monoisotopic (exact) mass is 252 g/mol. The lowest BCUT2D eigenvalue weighted by Gasteiger charge is -2.03. The fraction of sp³-hybridized carbons (Fsp3) is 0.125. The number of aromatic amines is 1. The van der Waals surface area contributed by atoms with Gasteiger partial charge < -0.3 is 15.5 Å². The number of benzene rings is 2. The van der Waals surface area contributed by atoms with E-state index in [4.69, 9.17) is 10.5 Å². The van der Waals surface area contributed by atoms with Crippen LogP contribution >= 0.6 is 0 Å². The average molecular weight is 252 g/mol.